The minimum Gasteiger partial charge on any atom is -0.327 e. The van der Waals surface area contributed by atoms with Crippen molar-refractivity contribution in [3.8, 4) is 0 Å². The Hall–Kier alpha value is -0.620. The molecule has 1 aromatic rings. The quantitative estimate of drug-likeness (QED) is 0.884. The Morgan fingerprint density at radius 2 is 1.83 bits per heavy atom. The number of benzene rings is 1. The molecule has 2 aliphatic carbocycles. The maximum absolute atomic E-state index is 13.0. The standard InChI is InChI=1S/C17H24N2O2S.ClH/c18-17-6-2-5-14-10-19(11-16(14)17)22(20,21)15-8-7-12-3-1-4-13(12)9-15;/h7-9,14,16-17H,1-6,10-11,18H2;1H. The molecule has 1 aliphatic heterocycles. The Kier molecular flexibility index (Phi) is 4.76. The van der Waals surface area contributed by atoms with Gasteiger partial charge in [-0.3, -0.25) is 0 Å². The summed E-state index contributed by atoms with van der Waals surface area (Å²) in [7, 11) is -3.36. The lowest BCUT2D eigenvalue weighted by Gasteiger charge is -2.29. The number of hydrogen-bond acceptors (Lipinski definition) is 3. The zero-order valence-corrected chi connectivity index (χ0v) is 14.9. The molecule has 1 heterocycles. The molecule has 23 heavy (non-hydrogen) atoms. The first kappa shape index (κ1) is 17.2. The van der Waals surface area contributed by atoms with Crippen molar-refractivity contribution in [3.63, 3.8) is 0 Å². The normalized spacial score (nSPS) is 30.6. The van der Waals surface area contributed by atoms with E-state index in [4.69, 9.17) is 5.73 Å². The van der Waals surface area contributed by atoms with Crippen LogP contribution in [0.25, 0.3) is 0 Å². The van der Waals surface area contributed by atoms with E-state index in [0.29, 0.717) is 29.8 Å². The third kappa shape index (κ3) is 2.93. The van der Waals surface area contributed by atoms with Gasteiger partial charge in [0.2, 0.25) is 10.0 Å². The summed E-state index contributed by atoms with van der Waals surface area (Å²) >= 11 is 0. The molecular formula is C17H25ClN2O2S. The van der Waals surface area contributed by atoms with Crippen LogP contribution in [0, 0.1) is 11.8 Å². The molecule has 0 spiro atoms. The minimum absolute atomic E-state index is 0. The van der Waals surface area contributed by atoms with E-state index in [1.54, 1.807) is 10.4 Å². The van der Waals surface area contributed by atoms with Crippen molar-refractivity contribution >= 4 is 22.4 Å². The summed E-state index contributed by atoms with van der Waals surface area (Å²) in [6, 6.07) is 5.87. The fraction of sp³-hybridized carbons (Fsp3) is 0.647. The van der Waals surface area contributed by atoms with E-state index >= 15 is 0 Å². The van der Waals surface area contributed by atoms with Gasteiger partial charge in [-0.1, -0.05) is 12.5 Å². The van der Waals surface area contributed by atoms with E-state index in [-0.39, 0.29) is 18.4 Å². The van der Waals surface area contributed by atoms with Gasteiger partial charge in [-0.15, -0.1) is 12.4 Å². The van der Waals surface area contributed by atoms with Gasteiger partial charge in [0.25, 0.3) is 0 Å². The largest absolute Gasteiger partial charge is 0.327 e. The van der Waals surface area contributed by atoms with Crippen molar-refractivity contribution in [2.45, 2.75) is 49.5 Å². The lowest BCUT2D eigenvalue weighted by atomic mass is 9.78. The summed E-state index contributed by atoms with van der Waals surface area (Å²) in [6.45, 7) is 1.25. The average Bonchev–Trinajstić information content (AvgIpc) is 3.13. The van der Waals surface area contributed by atoms with E-state index in [1.165, 1.54) is 11.1 Å². The molecule has 1 saturated heterocycles. The molecule has 0 amide bonds. The second-order valence-electron chi connectivity index (χ2n) is 7.12. The van der Waals surface area contributed by atoms with Gasteiger partial charge in [0.15, 0.2) is 0 Å². The van der Waals surface area contributed by atoms with E-state index < -0.39 is 10.0 Å². The topological polar surface area (TPSA) is 63.4 Å². The molecule has 3 aliphatic rings. The first-order valence-electron chi connectivity index (χ1n) is 8.43. The summed E-state index contributed by atoms with van der Waals surface area (Å²) in [4.78, 5) is 0.473. The van der Waals surface area contributed by atoms with Crippen LogP contribution < -0.4 is 5.73 Å². The third-order valence-corrected chi connectivity index (χ3v) is 7.66. The van der Waals surface area contributed by atoms with Crippen molar-refractivity contribution < 1.29 is 8.42 Å². The van der Waals surface area contributed by atoms with Gasteiger partial charge >= 0.3 is 0 Å². The molecule has 2 fully saturated rings. The number of nitrogens with zero attached hydrogens (tertiary/aromatic N) is 1. The molecule has 4 nitrogen and oxygen atoms in total. The van der Waals surface area contributed by atoms with E-state index in [2.05, 4.69) is 0 Å². The molecule has 2 N–H and O–H groups in total. The number of hydrogen-bond donors (Lipinski definition) is 1. The highest BCUT2D eigenvalue weighted by Crippen LogP contribution is 2.38. The smallest absolute Gasteiger partial charge is 0.243 e. The molecular weight excluding hydrogens is 332 g/mol. The van der Waals surface area contributed by atoms with Crippen LogP contribution in [0.2, 0.25) is 0 Å². The van der Waals surface area contributed by atoms with Gasteiger partial charge < -0.3 is 5.73 Å². The van der Waals surface area contributed by atoms with Crippen LogP contribution in [0.3, 0.4) is 0 Å². The van der Waals surface area contributed by atoms with Crippen LogP contribution in [0.15, 0.2) is 23.1 Å². The molecule has 0 bridgehead atoms. The van der Waals surface area contributed by atoms with Crippen LogP contribution in [0.5, 0.6) is 0 Å². The van der Waals surface area contributed by atoms with Crippen molar-refractivity contribution in [1.29, 1.82) is 0 Å². The molecule has 4 rings (SSSR count). The number of rotatable bonds is 2. The van der Waals surface area contributed by atoms with Crippen LogP contribution in [0.4, 0.5) is 0 Å². The summed E-state index contributed by atoms with van der Waals surface area (Å²) in [5.41, 5.74) is 8.75. The Bertz CT molecular complexity index is 692. The predicted molar refractivity (Wildman–Crippen MR) is 93.3 cm³/mol. The van der Waals surface area contributed by atoms with Gasteiger partial charge in [0, 0.05) is 19.1 Å². The Morgan fingerprint density at radius 3 is 2.61 bits per heavy atom. The molecule has 0 aromatic heterocycles. The minimum atomic E-state index is -3.36. The number of halogens is 1. The lowest BCUT2D eigenvalue weighted by Crippen LogP contribution is -2.38. The van der Waals surface area contributed by atoms with Crippen molar-refractivity contribution in [2.24, 2.45) is 17.6 Å². The average molecular weight is 357 g/mol. The summed E-state index contributed by atoms with van der Waals surface area (Å²) in [5, 5.41) is 0. The predicted octanol–water partition coefficient (Wildman–Crippen LogP) is 2.35. The van der Waals surface area contributed by atoms with Crippen LogP contribution in [-0.4, -0.2) is 31.9 Å². The zero-order chi connectivity index (χ0) is 15.3. The Balaban J connectivity index is 0.00000156. The molecule has 1 saturated carbocycles. The third-order valence-electron chi connectivity index (χ3n) is 5.83. The maximum Gasteiger partial charge on any atom is 0.243 e. The molecule has 0 radical (unpaired) electrons. The molecule has 6 heteroatoms. The maximum atomic E-state index is 13.0. The molecule has 3 unspecified atom stereocenters. The fourth-order valence-electron chi connectivity index (χ4n) is 4.53. The first-order chi connectivity index (χ1) is 10.6. The highest BCUT2D eigenvalue weighted by Gasteiger charge is 2.43. The van der Waals surface area contributed by atoms with Crippen molar-refractivity contribution in [1.82, 2.24) is 4.31 Å². The number of sulfonamides is 1. The van der Waals surface area contributed by atoms with Gasteiger partial charge in [-0.2, -0.15) is 4.31 Å². The highest BCUT2D eigenvalue weighted by atomic mass is 35.5. The summed E-state index contributed by atoms with van der Waals surface area (Å²) < 4.78 is 27.6. The SMILES string of the molecule is Cl.NC1CCCC2CN(S(=O)(=O)c3ccc4c(c3)CCC4)CC12. The monoisotopic (exact) mass is 356 g/mol. The molecule has 3 atom stereocenters. The second kappa shape index (κ2) is 6.36. The highest BCUT2D eigenvalue weighted by molar-refractivity contribution is 7.89. The number of fused-ring (bicyclic) bond motifs is 2. The summed E-state index contributed by atoms with van der Waals surface area (Å²) in [5.74, 6) is 0.797. The van der Waals surface area contributed by atoms with Gasteiger partial charge in [0.05, 0.1) is 4.90 Å². The number of nitrogens with two attached hydrogens (primary N) is 1. The number of aryl methyl sites for hydroxylation is 2. The van der Waals surface area contributed by atoms with Crippen LogP contribution in [-0.2, 0) is 22.9 Å². The van der Waals surface area contributed by atoms with Crippen molar-refractivity contribution in [2.75, 3.05) is 13.1 Å². The second-order valence-corrected chi connectivity index (χ2v) is 9.06. The molecule has 128 valence electrons. The van der Waals surface area contributed by atoms with E-state index in [0.717, 1.165) is 38.5 Å². The van der Waals surface area contributed by atoms with Gasteiger partial charge in [0.1, 0.15) is 0 Å². The van der Waals surface area contributed by atoms with Crippen LogP contribution >= 0.6 is 12.4 Å². The Morgan fingerprint density at radius 1 is 1.04 bits per heavy atom. The van der Waals surface area contributed by atoms with Gasteiger partial charge in [-0.25, -0.2) is 8.42 Å². The first-order valence-corrected chi connectivity index (χ1v) is 9.87. The van der Waals surface area contributed by atoms with E-state index in [1.807, 2.05) is 12.1 Å². The zero-order valence-electron chi connectivity index (χ0n) is 13.3. The van der Waals surface area contributed by atoms with Crippen molar-refractivity contribution in [3.05, 3.63) is 29.3 Å². The Labute approximate surface area is 144 Å². The van der Waals surface area contributed by atoms with Crippen LogP contribution in [0.1, 0.15) is 36.8 Å². The van der Waals surface area contributed by atoms with Gasteiger partial charge in [-0.05, 0) is 67.2 Å². The fourth-order valence-corrected chi connectivity index (χ4v) is 6.12. The van der Waals surface area contributed by atoms with E-state index in [9.17, 15) is 8.42 Å². The summed E-state index contributed by atoms with van der Waals surface area (Å²) in [6.07, 6.45) is 6.52. The lowest BCUT2D eigenvalue weighted by molar-refractivity contribution is 0.260. The molecule has 1 aromatic carbocycles.